The molecule has 1 aliphatic carbocycles. The Morgan fingerprint density at radius 1 is 1.31 bits per heavy atom. The summed E-state index contributed by atoms with van der Waals surface area (Å²) in [6, 6.07) is 0. The van der Waals surface area contributed by atoms with Crippen molar-refractivity contribution in [3.05, 3.63) is 11.3 Å². The summed E-state index contributed by atoms with van der Waals surface area (Å²) < 4.78 is 16.6. The first-order valence-corrected chi connectivity index (χ1v) is 7.18. The molecule has 2 saturated heterocycles. The molecule has 13 heavy (non-hydrogen) atoms. The summed E-state index contributed by atoms with van der Waals surface area (Å²) in [5.41, 5.74) is 0. The summed E-state index contributed by atoms with van der Waals surface area (Å²) in [4.78, 5) is 0. The van der Waals surface area contributed by atoms with E-state index in [0.29, 0.717) is 12.9 Å². The number of hydrogen-bond acceptors (Lipinski definition) is 3. The van der Waals surface area contributed by atoms with Crippen LogP contribution in [0.15, 0.2) is 11.3 Å². The second-order valence-electron chi connectivity index (χ2n) is 4.02. The van der Waals surface area contributed by atoms with Gasteiger partial charge in [-0.3, -0.25) is 0 Å². The van der Waals surface area contributed by atoms with Crippen LogP contribution in [0.3, 0.4) is 0 Å². The molecule has 1 radical (unpaired) electrons. The van der Waals surface area contributed by atoms with Crippen LogP contribution in [0.4, 0.5) is 0 Å². The molecule has 2 fully saturated rings. The smallest absolute Gasteiger partial charge is 0.148 e. The lowest BCUT2D eigenvalue weighted by Crippen LogP contribution is -2.37. The Morgan fingerprint density at radius 3 is 2.92 bits per heavy atom. The van der Waals surface area contributed by atoms with Crippen LogP contribution in [0, 0.1) is 0 Å². The predicted molar refractivity (Wildman–Crippen MR) is 48.8 cm³/mol. The zero-order valence-corrected chi connectivity index (χ0v) is 8.82. The molecule has 3 aliphatic rings. The van der Waals surface area contributed by atoms with Gasteiger partial charge in [0.1, 0.15) is 31.2 Å². The molecular formula is C9H13O3Si. The fourth-order valence-electron chi connectivity index (χ4n) is 2.16. The topological polar surface area (TPSA) is 31.0 Å². The fourth-order valence-corrected chi connectivity index (χ4v) is 3.48. The Morgan fingerprint density at radius 2 is 2.15 bits per heavy atom. The van der Waals surface area contributed by atoms with E-state index in [4.69, 9.17) is 14.2 Å². The zero-order chi connectivity index (χ0) is 9.00. The highest BCUT2D eigenvalue weighted by Crippen LogP contribution is 2.41. The predicted octanol–water partition coefficient (Wildman–Crippen LogP) is 0.729. The SMILES string of the molecule is C[Si](C)C1=C[C@H]2O[C@H]2[C@@H]2OCO[C@H]12. The van der Waals surface area contributed by atoms with E-state index < -0.39 is 8.80 Å². The molecule has 0 aromatic carbocycles. The third-order valence-electron chi connectivity index (χ3n) is 2.92. The minimum absolute atomic E-state index is 0.185. The summed E-state index contributed by atoms with van der Waals surface area (Å²) >= 11 is 0. The van der Waals surface area contributed by atoms with Gasteiger partial charge in [0.05, 0.1) is 8.80 Å². The minimum Gasteiger partial charge on any atom is -0.362 e. The van der Waals surface area contributed by atoms with E-state index in [0.717, 1.165) is 0 Å². The van der Waals surface area contributed by atoms with Crippen LogP contribution < -0.4 is 0 Å². The van der Waals surface area contributed by atoms with Gasteiger partial charge in [0.2, 0.25) is 0 Å². The Kier molecular flexibility index (Phi) is 1.68. The Bertz CT molecular complexity index is 264. The van der Waals surface area contributed by atoms with Crippen molar-refractivity contribution in [3.63, 3.8) is 0 Å². The van der Waals surface area contributed by atoms with Crippen molar-refractivity contribution < 1.29 is 14.2 Å². The van der Waals surface area contributed by atoms with Gasteiger partial charge < -0.3 is 14.2 Å². The summed E-state index contributed by atoms with van der Waals surface area (Å²) in [6.07, 6.45) is 3.27. The first-order chi connectivity index (χ1) is 6.27. The van der Waals surface area contributed by atoms with Gasteiger partial charge in [0.15, 0.2) is 0 Å². The molecule has 2 heterocycles. The molecule has 0 aromatic heterocycles. The van der Waals surface area contributed by atoms with Gasteiger partial charge >= 0.3 is 0 Å². The second kappa shape index (κ2) is 2.67. The number of hydrogen-bond donors (Lipinski definition) is 0. The van der Waals surface area contributed by atoms with Crippen molar-refractivity contribution >= 4 is 8.80 Å². The molecule has 0 N–H and O–H groups in total. The van der Waals surface area contributed by atoms with Crippen LogP contribution in [0.5, 0.6) is 0 Å². The standard InChI is InChI=1S/C9H13O3Si/c1-13(2)6-3-5-7(12-5)9-8(6)10-4-11-9/h3,5,7-9H,4H2,1-2H3/t5-,7-,8-,9+/m1/s1. The number of rotatable bonds is 1. The van der Waals surface area contributed by atoms with E-state index in [9.17, 15) is 0 Å². The van der Waals surface area contributed by atoms with Crippen molar-refractivity contribution in [1.82, 2.24) is 0 Å². The fraction of sp³-hybridized carbons (Fsp3) is 0.778. The van der Waals surface area contributed by atoms with E-state index in [1.165, 1.54) is 5.20 Å². The molecule has 4 heteroatoms. The highest BCUT2D eigenvalue weighted by Gasteiger charge is 2.55. The van der Waals surface area contributed by atoms with Crippen LogP contribution in [-0.4, -0.2) is 40.0 Å². The van der Waals surface area contributed by atoms with Crippen molar-refractivity contribution in [1.29, 1.82) is 0 Å². The average Bonchev–Trinajstić information content (AvgIpc) is 2.72. The molecule has 0 bridgehead atoms. The highest BCUT2D eigenvalue weighted by atomic mass is 28.3. The highest BCUT2D eigenvalue weighted by molar-refractivity contribution is 6.64. The average molecular weight is 197 g/mol. The third-order valence-corrected chi connectivity index (χ3v) is 4.53. The molecule has 3 nitrogen and oxygen atoms in total. The van der Waals surface area contributed by atoms with Gasteiger partial charge in [-0.2, -0.15) is 0 Å². The van der Waals surface area contributed by atoms with Gasteiger partial charge in [-0.05, 0) is 0 Å². The van der Waals surface area contributed by atoms with E-state index in [1.54, 1.807) is 0 Å². The van der Waals surface area contributed by atoms with Crippen molar-refractivity contribution in [3.8, 4) is 0 Å². The molecule has 4 atom stereocenters. The molecule has 0 spiro atoms. The zero-order valence-electron chi connectivity index (χ0n) is 7.82. The molecule has 0 amide bonds. The van der Waals surface area contributed by atoms with Gasteiger partial charge in [-0.25, -0.2) is 0 Å². The lowest BCUT2D eigenvalue weighted by molar-refractivity contribution is 0.0365. The van der Waals surface area contributed by atoms with Crippen LogP contribution in [-0.2, 0) is 14.2 Å². The maximum Gasteiger partial charge on any atom is 0.148 e. The number of epoxide rings is 1. The van der Waals surface area contributed by atoms with Crippen LogP contribution in [0.1, 0.15) is 0 Å². The molecule has 71 valence electrons. The lowest BCUT2D eigenvalue weighted by atomic mass is 10.0. The third kappa shape index (κ3) is 1.13. The van der Waals surface area contributed by atoms with Gasteiger partial charge in [-0.15, -0.1) is 0 Å². The molecule has 0 aromatic rings. The lowest BCUT2D eigenvalue weighted by Gasteiger charge is -2.23. The molecule has 2 aliphatic heterocycles. The number of ether oxygens (including phenoxy) is 3. The van der Waals surface area contributed by atoms with Crippen molar-refractivity contribution in [2.45, 2.75) is 37.5 Å². The summed E-state index contributed by atoms with van der Waals surface area (Å²) in [5, 5.41) is 1.45. The van der Waals surface area contributed by atoms with Gasteiger partial charge in [0.25, 0.3) is 0 Å². The van der Waals surface area contributed by atoms with Gasteiger partial charge in [-0.1, -0.05) is 24.4 Å². The summed E-state index contributed by atoms with van der Waals surface area (Å²) in [7, 11) is -0.418. The summed E-state index contributed by atoms with van der Waals surface area (Å²) in [5.74, 6) is 0. The van der Waals surface area contributed by atoms with E-state index in [2.05, 4.69) is 19.2 Å². The normalized spacial score (nSPS) is 47.2. The molecule has 0 unspecified atom stereocenters. The van der Waals surface area contributed by atoms with Crippen LogP contribution in [0.2, 0.25) is 13.1 Å². The van der Waals surface area contributed by atoms with Crippen LogP contribution >= 0.6 is 0 Å². The Balaban J connectivity index is 1.92. The molecular weight excluding hydrogens is 184 g/mol. The second-order valence-corrected chi connectivity index (χ2v) is 6.60. The molecule has 3 rings (SSSR count). The van der Waals surface area contributed by atoms with Crippen molar-refractivity contribution in [2.75, 3.05) is 6.79 Å². The maximum absolute atomic E-state index is 5.58. The van der Waals surface area contributed by atoms with Crippen LogP contribution in [0.25, 0.3) is 0 Å². The maximum atomic E-state index is 5.58. The quantitative estimate of drug-likeness (QED) is 0.458. The van der Waals surface area contributed by atoms with E-state index in [-0.39, 0.29) is 18.3 Å². The van der Waals surface area contributed by atoms with E-state index in [1.807, 2.05) is 0 Å². The first kappa shape index (κ1) is 8.17. The summed E-state index contributed by atoms with van der Waals surface area (Å²) in [6.45, 7) is 5.02. The molecule has 0 saturated carbocycles. The first-order valence-electron chi connectivity index (χ1n) is 4.68. The van der Waals surface area contributed by atoms with Crippen molar-refractivity contribution in [2.24, 2.45) is 0 Å². The Hall–Kier alpha value is -0.163. The number of fused-ring (bicyclic) bond motifs is 3. The van der Waals surface area contributed by atoms with E-state index >= 15 is 0 Å². The largest absolute Gasteiger partial charge is 0.362 e. The van der Waals surface area contributed by atoms with Gasteiger partial charge in [0, 0.05) is 0 Å². The Labute approximate surface area is 79.3 Å². The monoisotopic (exact) mass is 197 g/mol. The minimum atomic E-state index is -0.418.